The first-order valence-electron chi connectivity index (χ1n) is 5.35. The highest BCUT2D eigenvalue weighted by Gasteiger charge is 2.20. The summed E-state index contributed by atoms with van der Waals surface area (Å²) in [5, 5.41) is 0.484. The molecule has 0 aliphatic heterocycles. The highest BCUT2D eigenvalue weighted by molar-refractivity contribution is 7.13. The molecule has 0 unspecified atom stereocenters. The maximum atomic E-state index is 11.2. The van der Waals surface area contributed by atoms with E-state index in [4.69, 9.17) is 0 Å². The molecule has 0 bridgehead atoms. The lowest BCUT2D eigenvalue weighted by molar-refractivity contribution is 0.0600. The van der Waals surface area contributed by atoms with E-state index >= 15 is 0 Å². The molecule has 0 atom stereocenters. The van der Waals surface area contributed by atoms with Crippen LogP contribution in [-0.4, -0.2) is 18.1 Å². The molecule has 1 saturated carbocycles. The molecular formula is C11H15NO2S. The first kappa shape index (κ1) is 10.6. The molecule has 0 amide bonds. The topological polar surface area (TPSA) is 39.2 Å². The van der Waals surface area contributed by atoms with Gasteiger partial charge in [0, 0.05) is 11.1 Å². The number of esters is 1. The van der Waals surface area contributed by atoms with Crippen LogP contribution in [0, 0.1) is 0 Å². The fourth-order valence-corrected chi connectivity index (χ4v) is 3.05. The zero-order valence-corrected chi connectivity index (χ0v) is 9.68. The van der Waals surface area contributed by atoms with Gasteiger partial charge in [-0.05, 0) is 18.8 Å². The summed E-state index contributed by atoms with van der Waals surface area (Å²) in [4.78, 5) is 16.6. The molecule has 0 radical (unpaired) electrons. The van der Waals surface area contributed by atoms with Gasteiger partial charge in [0.2, 0.25) is 5.01 Å². The van der Waals surface area contributed by atoms with Gasteiger partial charge in [-0.15, -0.1) is 11.3 Å². The van der Waals surface area contributed by atoms with Crippen LogP contribution in [0.3, 0.4) is 0 Å². The normalized spacial score (nSPS) is 17.7. The Labute approximate surface area is 93.5 Å². The van der Waals surface area contributed by atoms with Crippen LogP contribution in [0.5, 0.6) is 0 Å². The van der Waals surface area contributed by atoms with Gasteiger partial charge in [0.25, 0.3) is 0 Å². The lowest BCUT2D eigenvalue weighted by Gasteiger charge is -2.19. The van der Waals surface area contributed by atoms with Crippen molar-refractivity contribution in [3.05, 3.63) is 16.1 Å². The summed E-state index contributed by atoms with van der Waals surface area (Å²) >= 11 is 1.49. The van der Waals surface area contributed by atoms with E-state index in [1.54, 1.807) is 0 Å². The third-order valence-electron chi connectivity index (χ3n) is 2.89. The maximum Gasteiger partial charge on any atom is 0.367 e. The number of carbonyl (C=O) groups excluding carboxylic acids is 1. The average Bonchev–Trinajstić information content (AvgIpc) is 2.78. The standard InChI is InChI=1S/C11H15NO2S/c1-14-11(13)10-12-7-9(15-10)8-5-3-2-4-6-8/h7-8H,2-6H2,1H3. The number of hydrogen-bond donors (Lipinski definition) is 0. The molecule has 15 heavy (non-hydrogen) atoms. The minimum Gasteiger partial charge on any atom is -0.464 e. The van der Waals surface area contributed by atoms with Crippen LogP contribution < -0.4 is 0 Å². The largest absolute Gasteiger partial charge is 0.464 e. The lowest BCUT2D eigenvalue weighted by Crippen LogP contribution is -2.02. The van der Waals surface area contributed by atoms with Crippen LogP contribution >= 0.6 is 11.3 Å². The Bertz CT molecular complexity index is 342. The molecule has 4 heteroatoms. The Kier molecular flexibility index (Phi) is 3.36. The quantitative estimate of drug-likeness (QED) is 0.726. The molecule has 0 saturated heterocycles. The van der Waals surface area contributed by atoms with Gasteiger partial charge in [0.15, 0.2) is 0 Å². The molecule has 3 nitrogen and oxygen atoms in total. The van der Waals surface area contributed by atoms with Crippen molar-refractivity contribution >= 4 is 17.3 Å². The second kappa shape index (κ2) is 4.75. The van der Waals surface area contributed by atoms with Crippen LogP contribution in [-0.2, 0) is 4.74 Å². The average molecular weight is 225 g/mol. The van der Waals surface area contributed by atoms with E-state index in [0.717, 1.165) is 0 Å². The van der Waals surface area contributed by atoms with Crippen molar-refractivity contribution in [3.8, 4) is 0 Å². The van der Waals surface area contributed by atoms with Crippen molar-refractivity contribution in [2.75, 3.05) is 7.11 Å². The van der Waals surface area contributed by atoms with E-state index in [2.05, 4.69) is 9.72 Å². The zero-order valence-electron chi connectivity index (χ0n) is 8.86. The number of ether oxygens (including phenoxy) is 1. The molecule has 82 valence electrons. The van der Waals surface area contributed by atoms with Crippen molar-refractivity contribution in [1.29, 1.82) is 0 Å². The molecule has 1 aliphatic carbocycles. The van der Waals surface area contributed by atoms with Gasteiger partial charge in [-0.3, -0.25) is 0 Å². The first-order chi connectivity index (χ1) is 7.31. The molecular weight excluding hydrogens is 210 g/mol. The van der Waals surface area contributed by atoms with E-state index in [9.17, 15) is 4.79 Å². The van der Waals surface area contributed by atoms with Crippen molar-refractivity contribution < 1.29 is 9.53 Å². The van der Waals surface area contributed by atoms with Crippen LogP contribution in [0.4, 0.5) is 0 Å². The SMILES string of the molecule is COC(=O)c1ncc(C2CCCCC2)s1. The van der Waals surface area contributed by atoms with Gasteiger partial charge in [-0.2, -0.15) is 0 Å². The smallest absolute Gasteiger partial charge is 0.367 e. The van der Waals surface area contributed by atoms with Gasteiger partial charge in [-0.1, -0.05) is 19.3 Å². The summed E-state index contributed by atoms with van der Waals surface area (Å²) in [5.41, 5.74) is 0. The van der Waals surface area contributed by atoms with E-state index in [1.807, 2.05) is 6.20 Å². The number of nitrogens with zero attached hydrogens (tertiary/aromatic N) is 1. The van der Waals surface area contributed by atoms with Crippen LogP contribution in [0.15, 0.2) is 6.20 Å². The Morgan fingerprint density at radius 1 is 1.47 bits per heavy atom. The van der Waals surface area contributed by atoms with Crippen LogP contribution in [0.1, 0.15) is 52.7 Å². The third-order valence-corrected chi connectivity index (χ3v) is 4.03. The number of aromatic nitrogens is 1. The predicted molar refractivity (Wildman–Crippen MR) is 59.3 cm³/mol. The zero-order chi connectivity index (χ0) is 10.7. The highest BCUT2D eigenvalue weighted by atomic mass is 32.1. The third kappa shape index (κ3) is 2.37. The lowest BCUT2D eigenvalue weighted by atomic mass is 9.89. The van der Waals surface area contributed by atoms with Gasteiger partial charge in [-0.25, -0.2) is 9.78 Å². The van der Waals surface area contributed by atoms with E-state index in [0.29, 0.717) is 10.9 Å². The fourth-order valence-electron chi connectivity index (χ4n) is 2.04. The summed E-state index contributed by atoms with van der Waals surface area (Å²) in [5.74, 6) is 0.303. The maximum absolute atomic E-state index is 11.2. The minimum absolute atomic E-state index is 0.318. The van der Waals surface area contributed by atoms with E-state index in [1.165, 1.54) is 55.4 Å². The summed E-state index contributed by atoms with van der Waals surface area (Å²) in [6.45, 7) is 0. The van der Waals surface area contributed by atoms with Crippen LogP contribution in [0.25, 0.3) is 0 Å². The van der Waals surface area contributed by atoms with Crippen molar-refractivity contribution in [1.82, 2.24) is 4.98 Å². The second-order valence-electron chi connectivity index (χ2n) is 3.89. The van der Waals surface area contributed by atoms with Crippen molar-refractivity contribution in [2.24, 2.45) is 0 Å². The molecule has 1 fully saturated rings. The molecule has 2 rings (SSSR count). The number of methoxy groups -OCH3 is 1. The van der Waals surface area contributed by atoms with E-state index < -0.39 is 0 Å². The summed E-state index contributed by atoms with van der Waals surface area (Å²) < 4.78 is 4.65. The Hall–Kier alpha value is -0.900. The number of carbonyl (C=O) groups is 1. The molecule has 1 aliphatic rings. The molecule has 0 N–H and O–H groups in total. The Balaban J connectivity index is 2.08. The first-order valence-corrected chi connectivity index (χ1v) is 6.17. The molecule has 0 spiro atoms. The van der Waals surface area contributed by atoms with Crippen molar-refractivity contribution in [2.45, 2.75) is 38.0 Å². The van der Waals surface area contributed by atoms with Crippen molar-refractivity contribution in [3.63, 3.8) is 0 Å². The number of thiazole rings is 1. The van der Waals surface area contributed by atoms with Crippen LogP contribution in [0.2, 0.25) is 0 Å². The van der Waals surface area contributed by atoms with Gasteiger partial charge < -0.3 is 4.74 Å². The molecule has 0 aromatic carbocycles. The van der Waals surface area contributed by atoms with Gasteiger partial charge in [0.1, 0.15) is 0 Å². The minimum atomic E-state index is -0.318. The van der Waals surface area contributed by atoms with Gasteiger partial charge >= 0.3 is 5.97 Å². The molecule has 1 aromatic heterocycles. The number of hydrogen-bond acceptors (Lipinski definition) is 4. The fraction of sp³-hybridized carbons (Fsp3) is 0.636. The summed E-state index contributed by atoms with van der Waals surface area (Å²) in [7, 11) is 1.39. The second-order valence-corrected chi connectivity index (χ2v) is 4.96. The van der Waals surface area contributed by atoms with Gasteiger partial charge in [0.05, 0.1) is 7.11 Å². The highest BCUT2D eigenvalue weighted by Crippen LogP contribution is 2.35. The molecule has 1 aromatic rings. The predicted octanol–water partition coefficient (Wildman–Crippen LogP) is 2.98. The summed E-state index contributed by atoms with van der Waals surface area (Å²) in [6.07, 6.45) is 8.27. The Morgan fingerprint density at radius 3 is 2.87 bits per heavy atom. The Morgan fingerprint density at radius 2 is 2.20 bits per heavy atom. The van der Waals surface area contributed by atoms with E-state index in [-0.39, 0.29) is 5.97 Å². The monoisotopic (exact) mass is 225 g/mol. The summed E-state index contributed by atoms with van der Waals surface area (Å²) in [6, 6.07) is 0. The molecule has 1 heterocycles. The number of rotatable bonds is 2.